The smallest absolute Gasteiger partial charge is 0.322 e. The van der Waals surface area contributed by atoms with Crippen LogP contribution in [0, 0.1) is 6.92 Å². The number of rotatable bonds is 3. The van der Waals surface area contributed by atoms with Crippen LogP contribution in [-0.2, 0) is 22.6 Å². The number of sulfonamides is 1. The van der Waals surface area contributed by atoms with Crippen LogP contribution >= 0.6 is 0 Å². The van der Waals surface area contributed by atoms with E-state index in [0.717, 1.165) is 12.3 Å². The van der Waals surface area contributed by atoms with Crippen molar-refractivity contribution in [1.29, 1.82) is 0 Å². The second kappa shape index (κ2) is 6.56. The summed E-state index contributed by atoms with van der Waals surface area (Å²) in [5, 5.41) is 2.46. The Balaban J connectivity index is 1.84. The maximum absolute atomic E-state index is 13.0. The molecule has 0 atom stereocenters. The predicted octanol–water partition coefficient (Wildman–Crippen LogP) is 3.59. The van der Waals surface area contributed by atoms with Gasteiger partial charge in [-0.3, -0.25) is 9.10 Å². The lowest BCUT2D eigenvalue weighted by Crippen LogP contribution is -2.27. The number of amides is 1. The quantitative estimate of drug-likeness (QED) is 0.859. The van der Waals surface area contributed by atoms with Gasteiger partial charge >= 0.3 is 6.18 Å². The molecule has 3 rings (SSSR count). The highest BCUT2D eigenvalue weighted by atomic mass is 32.2. The third-order valence-electron chi connectivity index (χ3n) is 4.40. The maximum Gasteiger partial charge on any atom is 0.416 e. The molecule has 0 aromatic heterocycles. The zero-order valence-corrected chi connectivity index (χ0v) is 15.4. The lowest BCUT2D eigenvalue weighted by atomic mass is 10.1. The molecule has 1 aliphatic rings. The Kier molecular flexibility index (Phi) is 4.67. The Morgan fingerprint density at radius 2 is 1.85 bits per heavy atom. The van der Waals surface area contributed by atoms with Crippen LogP contribution in [0.3, 0.4) is 0 Å². The van der Waals surface area contributed by atoms with E-state index in [1.807, 2.05) is 0 Å². The number of nitrogens with zero attached hydrogens (tertiary/aromatic N) is 1. The lowest BCUT2D eigenvalue weighted by molar-refractivity contribution is -0.138. The molecule has 9 heteroatoms. The molecule has 2 aromatic rings. The number of nitrogens with one attached hydrogen (secondary N) is 1. The number of fused-ring (bicyclic) bond motifs is 1. The fourth-order valence-electron chi connectivity index (χ4n) is 3.07. The highest BCUT2D eigenvalue weighted by Gasteiger charge is 2.32. The summed E-state index contributed by atoms with van der Waals surface area (Å²) in [6, 6.07) is 8.15. The van der Waals surface area contributed by atoms with Gasteiger partial charge in [0.15, 0.2) is 0 Å². The number of aryl methyl sites for hydroxylation is 1. The van der Waals surface area contributed by atoms with Crippen LogP contribution < -0.4 is 9.62 Å². The van der Waals surface area contributed by atoms with Crippen molar-refractivity contribution in [3.63, 3.8) is 0 Å². The van der Waals surface area contributed by atoms with Gasteiger partial charge in [-0.2, -0.15) is 13.2 Å². The van der Waals surface area contributed by atoms with Gasteiger partial charge in [-0.1, -0.05) is 6.07 Å². The number of benzene rings is 2. The van der Waals surface area contributed by atoms with Crippen molar-refractivity contribution in [3.8, 4) is 0 Å². The fourth-order valence-corrected chi connectivity index (χ4v) is 4.02. The summed E-state index contributed by atoms with van der Waals surface area (Å²) in [6.45, 7) is 1.65. The van der Waals surface area contributed by atoms with Gasteiger partial charge in [0.05, 0.1) is 17.5 Å². The fraction of sp³-hybridized carbons (Fsp3) is 0.278. The summed E-state index contributed by atoms with van der Waals surface area (Å²) in [7, 11) is -3.39. The number of halogens is 3. The lowest BCUT2D eigenvalue weighted by Gasteiger charge is -2.16. The van der Waals surface area contributed by atoms with Crippen LogP contribution in [0.25, 0.3) is 0 Å². The topological polar surface area (TPSA) is 66.5 Å². The number of hydrogen-bond acceptors (Lipinski definition) is 3. The van der Waals surface area contributed by atoms with Crippen LogP contribution in [0.2, 0.25) is 0 Å². The minimum absolute atomic E-state index is 0.0381. The van der Waals surface area contributed by atoms with E-state index in [1.54, 1.807) is 6.07 Å². The van der Waals surface area contributed by atoms with Crippen LogP contribution in [0.4, 0.5) is 24.5 Å². The van der Waals surface area contributed by atoms with Crippen molar-refractivity contribution in [3.05, 3.63) is 58.7 Å². The summed E-state index contributed by atoms with van der Waals surface area (Å²) in [5.74, 6) is -0.562. The summed E-state index contributed by atoms with van der Waals surface area (Å²) in [6.07, 6.45) is -2.93. The van der Waals surface area contributed by atoms with Crippen molar-refractivity contribution in [2.45, 2.75) is 19.5 Å². The molecule has 0 unspecified atom stereocenters. The number of alkyl halides is 3. The molecular formula is C18H17F3N2O3S. The van der Waals surface area contributed by atoms with E-state index in [9.17, 15) is 26.4 Å². The Morgan fingerprint density at radius 1 is 1.15 bits per heavy atom. The summed E-state index contributed by atoms with van der Waals surface area (Å²) < 4.78 is 63.8. The van der Waals surface area contributed by atoms with E-state index < -0.39 is 27.7 Å². The van der Waals surface area contributed by atoms with Gasteiger partial charge in [0.2, 0.25) is 10.0 Å². The second-order valence-corrected chi connectivity index (χ2v) is 8.32. The number of anilines is 2. The Bertz CT molecular complexity index is 1020. The Morgan fingerprint density at radius 3 is 2.48 bits per heavy atom. The van der Waals surface area contributed by atoms with E-state index in [0.29, 0.717) is 24.2 Å². The van der Waals surface area contributed by atoms with Crippen molar-refractivity contribution in [2.75, 3.05) is 22.4 Å². The van der Waals surface area contributed by atoms with Gasteiger partial charge in [-0.15, -0.1) is 0 Å². The van der Waals surface area contributed by atoms with Gasteiger partial charge in [-0.05, 0) is 54.8 Å². The molecule has 1 aliphatic heterocycles. The molecule has 144 valence electrons. The molecule has 27 heavy (non-hydrogen) atoms. The Labute approximate surface area is 154 Å². The normalized spacial score (nSPS) is 14.2. The van der Waals surface area contributed by atoms with Gasteiger partial charge in [0.25, 0.3) is 5.91 Å². The van der Waals surface area contributed by atoms with Gasteiger partial charge < -0.3 is 5.32 Å². The largest absolute Gasteiger partial charge is 0.416 e. The van der Waals surface area contributed by atoms with Crippen molar-refractivity contribution >= 4 is 27.3 Å². The van der Waals surface area contributed by atoms with Gasteiger partial charge in [0, 0.05) is 17.8 Å². The number of carbonyl (C=O) groups is 1. The molecule has 0 fully saturated rings. The van der Waals surface area contributed by atoms with Crippen molar-refractivity contribution in [1.82, 2.24) is 0 Å². The van der Waals surface area contributed by atoms with E-state index >= 15 is 0 Å². The molecule has 0 radical (unpaired) electrons. The molecule has 1 N–H and O–H groups in total. The second-order valence-electron chi connectivity index (χ2n) is 6.41. The highest BCUT2D eigenvalue weighted by molar-refractivity contribution is 7.92. The van der Waals surface area contributed by atoms with Crippen LogP contribution in [-0.4, -0.2) is 27.1 Å². The molecule has 2 aromatic carbocycles. The molecule has 1 amide bonds. The molecule has 0 saturated heterocycles. The van der Waals surface area contributed by atoms with Gasteiger partial charge in [0.1, 0.15) is 0 Å². The van der Waals surface area contributed by atoms with Crippen molar-refractivity contribution in [2.24, 2.45) is 0 Å². The highest BCUT2D eigenvalue weighted by Crippen LogP contribution is 2.34. The molecule has 0 saturated carbocycles. The van der Waals surface area contributed by atoms with Gasteiger partial charge in [-0.25, -0.2) is 8.42 Å². The SMILES string of the molecule is Cc1ccc(NC(=O)c2ccc3c(c2)CCN3S(C)(=O)=O)cc1C(F)(F)F. The van der Waals surface area contributed by atoms with E-state index in [-0.39, 0.29) is 16.8 Å². The zero-order valence-electron chi connectivity index (χ0n) is 14.6. The molecule has 0 bridgehead atoms. The van der Waals surface area contributed by atoms with Crippen molar-refractivity contribution < 1.29 is 26.4 Å². The molecular weight excluding hydrogens is 381 g/mol. The first-order valence-electron chi connectivity index (χ1n) is 8.06. The number of carbonyl (C=O) groups excluding carboxylic acids is 1. The Hall–Kier alpha value is -2.55. The summed E-state index contributed by atoms with van der Waals surface area (Å²) >= 11 is 0. The van der Waals surface area contributed by atoms with E-state index in [1.165, 1.54) is 35.5 Å². The first kappa shape index (κ1) is 19.2. The minimum Gasteiger partial charge on any atom is -0.322 e. The molecule has 5 nitrogen and oxygen atoms in total. The average molecular weight is 398 g/mol. The molecule has 0 spiro atoms. The summed E-state index contributed by atoms with van der Waals surface area (Å²) in [5.41, 5.74) is 0.767. The summed E-state index contributed by atoms with van der Waals surface area (Å²) in [4.78, 5) is 12.4. The number of hydrogen-bond donors (Lipinski definition) is 1. The third-order valence-corrected chi connectivity index (χ3v) is 5.58. The molecule has 0 aliphatic carbocycles. The van der Waals surface area contributed by atoms with Crippen LogP contribution in [0.15, 0.2) is 36.4 Å². The minimum atomic E-state index is -4.51. The zero-order chi connectivity index (χ0) is 20.0. The van der Waals surface area contributed by atoms with E-state index in [4.69, 9.17) is 0 Å². The van der Waals surface area contributed by atoms with Crippen LogP contribution in [0.1, 0.15) is 27.0 Å². The maximum atomic E-state index is 13.0. The first-order valence-corrected chi connectivity index (χ1v) is 9.91. The average Bonchev–Trinajstić information content (AvgIpc) is 2.98. The van der Waals surface area contributed by atoms with E-state index in [2.05, 4.69) is 5.32 Å². The third kappa shape index (κ3) is 3.92. The molecule has 1 heterocycles. The van der Waals surface area contributed by atoms with Crippen LogP contribution in [0.5, 0.6) is 0 Å². The monoisotopic (exact) mass is 398 g/mol. The predicted molar refractivity (Wildman–Crippen MR) is 96.5 cm³/mol. The first-order chi connectivity index (χ1) is 12.5. The standard InChI is InChI=1S/C18H17F3N2O3S/c1-11-3-5-14(10-15(11)18(19,20)21)22-17(24)13-4-6-16-12(9-13)7-8-23(16)27(2,25)26/h3-6,9-10H,7-8H2,1-2H3,(H,22,24).